The Labute approximate surface area is 381 Å². The minimum absolute atomic E-state index is 0.0364. The topological polar surface area (TPSA) is 19.6 Å². The molecule has 0 fully saturated rings. The van der Waals surface area contributed by atoms with Crippen LogP contribution in [-0.4, -0.2) is 6.85 Å². The van der Waals surface area contributed by atoms with E-state index in [1.54, 1.807) is 0 Å². The number of para-hydroxylation sites is 3. The third-order valence-electron chi connectivity index (χ3n) is 15.9. The smallest absolute Gasteiger partial charge is 0.334 e. The fourth-order valence-corrected chi connectivity index (χ4v) is 13.5. The van der Waals surface area contributed by atoms with E-state index >= 15 is 0 Å². The number of fused-ring (bicyclic) bond motifs is 13. The highest BCUT2D eigenvalue weighted by Crippen LogP contribution is 2.59. The van der Waals surface area contributed by atoms with E-state index in [0.717, 1.165) is 27.6 Å². The number of nitrogens with zero attached hydrogens (tertiary/aromatic N) is 2. The zero-order chi connectivity index (χ0) is 43.8. The highest BCUT2D eigenvalue weighted by molar-refractivity contribution is 7.26. The Morgan fingerprint density at radius 3 is 2.05 bits per heavy atom. The predicted octanol–water partition coefficient (Wildman–Crippen LogP) is 15.5. The van der Waals surface area contributed by atoms with E-state index in [9.17, 15) is 0 Å². The quantitative estimate of drug-likeness (QED) is 0.162. The molecule has 3 aliphatic heterocycles. The van der Waals surface area contributed by atoms with Gasteiger partial charge in [0.05, 0.1) is 16.4 Å². The summed E-state index contributed by atoms with van der Waals surface area (Å²) in [4.78, 5) is 5.40. The average Bonchev–Trinajstić information content (AvgIpc) is 3.85. The first-order valence-electron chi connectivity index (χ1n) is 23.3. The molecule has 5 heterocycles. The molecule has 0 radical (unpaired) electrons. The van der Waals surface area contributed by atoms with Gasteiger partial charge in [0.2, 0.25) is 0 Å². The molecule has 7 aromatic carbocycles. The molecule has 0 amide bonds. The lowest BCUT2D eigenvalue weighted by molar-refractivity contribution is 0.332. The molecule has 0 saturated heterocycles. The number of hydrogen-bond donors (Lipinski definition) is 0. The fraction of sp³-hybridized carbons (Fsp3) is 0.254. The van der Waals surface area contributed by atoms with Crippen LogP contribution < -0.4 is 20.6 Å². The first-order valence-corrected chi connectivity index (χ1v) is 24.1. The summed E-state index contributed by atoms with van der Waals surface area (Å²) in [6.07, 6.45) is 2.35. The molecule has 1 aliphatic carbocycles. The predicted molar refractivity (Wildman–Crippen MR) is 274 cm³/mol. The Morgan fingerprint density at radius 1 is 0.562 bits per heavy atom. The van der Waals surface area contributed by atoms with Crippen LogP contribution in [0.15, 0.2) is 138 Å². The van der Waals surface area contributed by atoms with E-state index in [4.69, 9.17) is 4.42 Å². The van der Waals surface area contributed by atoms with E-state index in [1.165, 1.54) is 106 Å². The number of anilines is 5. The Morgan fingerprint density at radius 2 is 1.27 bits per heavy atom. The third-order valence-corrected chi connectivity index (χ3v) is 17.0. The van der Waals surface area contributed by atoms with E-state index < -0.39 is 0 Å². The summed E-state index contributed by atoms with van der Waals surface area (Å²) in [6, 6.07) is 51.0. The maximum absolute atomic E-state index is 7.26. The van der Waals surface area contributed by atoms with E-state index in [-0.39, 0.29) is 28.5 Å². The van der Waals surface area contributed by atoms with Crippen molar-refractivity contribution in [1.82, 2.24) is 0 Å². The van der Waals surface area contributed by atoms with Gasteiger partial charge < -0.3 is 9.23 Å². The van der Waals surface area contributed by atoms with Crippen LogP contribution in [0.1, 0.15) is 103 Å². The molecule has 4 aliphatic rings. The standard InChI is InChI=1S/C59H53BN2OS/c1-56(2,3)35-26-27-46(38(30-35)34-18-11-10-12-19-34)61-53-50-39(31-40-36-20-13-16-25-48(36)63-54(40)53)37-21-17-23-43-52(37)62(47-24-15-14-22-42(47)59(43,8)9)60(50)51-41-32-44-45(33-49(41)64-55(51)61)58(6,7)29-28-57(44,4)5/h10-27,30-33H,28-29H2,1-9H3. The number of benzene rings is 7. The number of furan rings is 1. The van der Waals surface area contributed by atoms with Crippen molar-refractivity contribution in [2.45, 2.75) is 96.8 Å². The van der Waals surface area contributed by atoms with Gasteiger partial charge in [-0.15, -0.1) is 11.3 Å². The van der Waals surface area contributed by atoms with Crippen LogP contribution in [-0.2, 0) is 21.7 Å². The Kier molecular flexibility index (Phi) is 7.57. The Bertz CT molecular complexity index is 3490. The lowest BCUT2D eigenvalue weighted by Gasteiger charge is -2.50. The molecule has 0 atom stereocenters. The molecule has 13 rings (SSSR count). The molecular weight excluding hydrogens is 796 g/mol. The lowest BCUT2D eigenvalue weighted by atomic mass is 9.42. The van der Waals surface area contributed by atoms with Crippen LogP contribution in [0.5, 0.6) is 0 Å². The van der Waals surface area contributed by atoms with E-state index in [2.05, 4.69) is 205 Å². The Hall–Kier alpha value is -6.04. The van der Waals surface area contributed by atoms with E-state index in [1.807, 2.05) is 11.3 Å². The van der Waals surface area contributed by atoms with E-state index in [0.29, 0.717) is 0 Å². The highest BCUT2D eigenvalue weighted by atomic mass is 32.1. The first kappa shape index (κ1) is 38.4. The molecular formula is C59H53BN2OS. The van der Waals surface area contributed by atoms with Crippen molar-refractivity contribution in [2.24, 2.45) is 0 Å². The normalized spacial score (nSPS) is 17.3. The molecule has 3 nitrogen and oxygen atoms in total. The van der Waals surface area contributed by atoms with Crippen molar-refractivity contribution in [1.29, 1.82) is 0 Å². The zero-order valence-corrected chi connectivity index (χ0v) is 39.2. The van der Waals surface area contributed by atoms with Crippen LogP contribution in [0.25, 0.3) is 54.3 Å². The average molecular weight is 849 g/mol. The maximum Gasteiger partial charge on any atom is 0.334 e. The van der Waals surface area contributed by atoms with Crippen LogP contribution in [0, 0.1) is 0 Å². The van der Waals surface area contributed by atoms with Crippen molar-refractivity contribution < 1.29 is 4.42 Å². The molecule has 0 unspecified atom stereocenters. The molecule has 314 valence electrons. The minimum Gasteiger partial charge on any atom is -0.454 e. The molecule has 0 saturated carbocycles. The summed E-state index contributed by atoms with van der Waals surface area (Å²) >= 11 is 1.97. The second-order valence-corrected chi connectivity index (χ2v) is 23.0. The van der Waals surface area contributed by atoms with Crippen LogP contribution in [0.3, 0.4) is 0 Å². The molecule has 0 N–H and O–H groups in total. The lowest BCUT2D eigenvalue weighted by Crippen LogP contribution is -2.62. The Balaban J connectivity index is 1.25. The SMILES string of the molecule is CC(C)(C)c1ccc(N2c3sc4cc5c(cc4c3B3c4c(cc6c(oc7ccccc76)c42)-c2cccc4c2N3c2ccccc2C4(C)C)C(C)(C)CCC5(C)C)c(-c2ccccc2)c1. The van der Waals surface area contributed by atoms with Gasteiger partial charge in [-0.05, 0) is 127 Å². The third kappa shape index (κ3) is 5.00. The molecule has 64 heavy (non-hydrogen) atoms. The fourth-order valence-electron chi connectivity index (χ4n) is 12.2. The highest BCUT2D eigenvalue weighted by Gasteiger charge is 2.53. The maximum atomic E-state index is 7.26. The summed E-state index contributed by atoms with van der Waals surface area (Å²) in [5.74, 6) is 0. The number of rotatable bonds is 2. The van der Waals surface area contributed by atoms with Gasteiger partial charge in [-0.3, -0.25) is 4.90 Å². The minimum atomic E-state index is -0.195. The summed E-state index contributed by atoms with van der Waals surface area (Å²) in [6.45, 7) is 21.6. The van der Waals surface area contributed by atoms with Crippen LogP contribution in [0.4, 0.5) is 27.8 Å². The molecule has 0 bridgehead atoms. The first-order chi connectivity index (χ1) is 30.6. The molecule has 0 spiro atoms. The van der Waals surface area contributed by atoms with Gasteiger partial charge in [-0.1, -0.05) is 153 Å². The molecule has 9 aromatic rings. The van der Waals surface area contributed by atoms with Gasteiger partial charge in [0, 0.05) is 43.4 Å². The van der Waals surface area contributed by atoms with Gasteiger partial charge in [0.1, 0.15) is 5.58 Å². The van der Waals surface area contributed by atoms with Gasteiger partial charge in [0.15, 0.2) is 5.58 Å². The monoisotopic (exact) mass is 848 g/mol. The molecule has 5 heteroatoms. The largest absolute Gasteiger partial charge is 0.454 e. The van der Waals surface area contributed by atoms with Crippen molar-refractivity contribution in [3.05, 3.63) is 161 Å². The van der Waals surface area contributed by atoms with Crippen molar-refractivity contribution in [3.8, 4) is 22.3 Å². The van der Waals surface area contributed by atoms with Gasteiger partial charge >= 0.3 is 6.85 Å². The zero-order valence-electron chi connectivity index (χ0n) is 38.4. The van der Waals surface area contributed by atoms with Gasteiger partial charge in [0.25, 0.3) is 0 Å². The van der Waals surface area contributed by atoms with Crippen molar-refractivity contribution in [3.63, 3.8) is 0 Å². The van der Waals surface area contributed by atoms with Crippen LogP contribution >= 0.6 is 11.3 Å². The van der Waals surface area contributed by atoms with Crippen LogP contribution in [0.2, 0.25) is 0 Å². The number of thiophene rings is 1. The van der Waals surface area contributed by atoms with Crippen molar-refractivity contribution in [2.75, 3.05) is 9.71 Å². The second-order valence-electron chi connectivity index (χ2n) is 21.9. The van der Waals surface area contributed by atoms with Crippen molar-refractivity contribution >= 4 is 88.9 Å². The summed E-state index contributed by atoms with van der Waals surface area (Å²) in [7, 11) is 0. The summed E-state index contributed by atoms with van der Waals surface area (Å²) in [5, 5.41) is 4.95. The number of hydrogen-bond acceptors (Lipinski definition) is 4. The summed E-state index contributed by atoms with van der Waals surface area (Å²) in [5.41, 5.74) is 21.5. The summed E-state index contributed by atoms with van der Waals surface area (Å²) < 4.78 is 8.62. The van der Waals surface area contributed by atoms with Gasteiger partial charge in [-0.2, -0.15) is 0 Å². The van der Waals surface area contributed by atoms with Gasteiger partial charge in [-0.25, -0.2) is 0 Å². The second kappa shape index (κ2) is 12.6. The molecule has 2 aromatic heterocycles.